The van der Waals surface area contributed by atoms with Gasteiger partial charge < -0.3 is 5.32 Å². The number of hydrogen-bond acceptors (Lipinski definition) is 4. The highest BCUT2D eigenvalue weighted by Crippen LogP contribution is 2.23. The van der Waals surface area contributed by atoms with Crippen molar-refractivity contribution in [2.45, 2.75) is 23.5 Å². The molecule has 0 fully saturated rings. The molecule has 1 aromatic carbocycles. The van der Waals surface area contributed by atoms with Crippen LogP contribution in [0.2, 0.25) is 0 Å². The van der Waals surface area contributed by atoms with Crippen molar-refractivity contribution in [1.29, 1.82) is 0 Å². The van der Waals surface area contributed by atoms with Crippen LogP contribution in [0.3, 0.4) is 0 Å². The van der Waals surface area contributed by atoms with Gasteiger partial charge in [0.05, 0.1) is 0 Å². The predicted molar refractivity (Wildman–Crippen MR) is 70.0 cm³/mol. The van der Waals surface area contributed by atoms with E-state index in [1.165, 1.54) is 5.56 Å². The molecule has 0 bridgehead atoms. The maximum Gasteiger partial charge on any atom is 0.192 e. The fraction of sp³-hybridized carbons (Fsp3) is 0.231. The fourth-order valence-corrected chi connectivity index (χ4v) is 2.10. The average molecular weight is 245 g/mol. The molecule has 1 heterocycles. The second-order valence-corrected chi connectivity index (χ2v) is 4.60. The number of rotatable bonds is 5. The van der Waals surface area contributed by atoms with E-state index in [1.54, 1.807) is 24.2 Å². The maximum atomic E-state index is 4.19. The van der Waals surface area contributed by atoms with Crippen LogP contribution in [0, 0.1) is 0 Å². The van der Waals surface area contributed by atoms with Gasteiger partial charge in [0.1, 0.15) is 0 Å². The quantitative estimate of drug-likeness (QED) is 0.822. The number of nitrogens with one attached hydrogen (secondary N) is 1. The van der Waals surface area contributed by atoms with Crippen molar-refractivity contribution < 1.29 is 0 Å². The van der Waals surface area contributed by atoms with E-state index >= 15 is 0 Å². The predicted octanol–water partition coefficient (Wildman–Crippen LogP) is 2.74. The van der Waals surface area contributed by atoms with E-state index in [-0.39, 0.29) is 0 Å². The molecule has 0 aliphatic heterocycles. The first-order valence-corrected chi connectivity index (χ1v) is 6.44. The Bertz CT molecular complexity index is 442. The number of aromatic nitrogens is 2. The summed E-state index contributed by atoms with van der Waals surface area (Å²) in [6.45, 7) is 4.02. The first-order chi connectivity index (χ1) is 8.38. The van der Waals surface area contributed by atoms with Crippen LogP contribution in [0.15, 0.2) is 52.8 Å². The molecule has 0 saturated heterocycles. The van der Waals surface area contributed by atoms with Crippen molar-refractivity contribution in [2.75, 3.05) is 6.54 Å². The van der Waals surface area contributed by atoms with Crippen molar-refractivity contribution >= 4 is 11.8 Å². The summed E-state index contributed by atoms with van der Waals surface area (Å²) >= 11 is 1.58. The molecule has 0 radical (unpaired) electrons. The Labute approximate surface area is 106 Å². The van der Waals surface area contributed by atoms with Crippen molar-refractivity contribution in [3.63, 3.8) is 0 Å². The number of nitrogens with zero attached hydrogens (tertiary/aromatic N) is 2. The van der Waals surface area contributed by atoms with Crippen LogP contribution in [0.4, 0.5) is 0 Å². The first kappa shape index (κ1) is 12.1. The summed E-state index contributed by atoms with van der Waals surface area (Å²) in [5.74, 6) is 0. The third-order valence-corrected chi connectivity index (χ3v) is 3.15. The number of benzene rings is 1. The second kappa shape index (κ2) is 6.37. The van der Waals surface area contributed by atoms with Crippen molar-refractivity contribution in [1.82, 2.24) is 15.3 Å². The molecule has 0 amide bonds. The monoisotopic (exact) mass is 245 g/mol. The zero-order chi connectivity index (χ0) is 11.9. The Kier molecular flexibility index (Phi) is 4.53. The lowest BCUT2D eigenvalue weighted by Crippen LogP contribution is -2.11. The van der Waals surface area contributed by atoms with E-state index in [0.717, 1.165) is 23.1 Å². The molecule has 0 aliphatic carbocycles. The standard InChI is InChI=1S/C13H15N3S/c1-2-14-10-11-4-6-12(7-5-11)17-13-15-8-3-9-16-13/h3-9,14H,2,10H2,1H3. The summed E-state index contributed by atoms with van der Waals surface area (Å²) in [6, 6.07) is 10.3. The second-order valence-electron chi connectivity index (χ2n) is 3.56. The topological polar surface area (TPSA) is 37.8 Å². The van der Waals surface area contributed by atoms with Crippen LogP contribution < -0.4 is 5.32 Å². The van der Waals surface area contributed by atoms with Gasteiger partial charge in [-0.2, -0.15) is 0 Å². The molecule has 4 heteroatoms. The summed E-state index contributed by atoms with van der Waals surface area (Å²) in [7, 11) is 0. The normalized spacial score (nSPS) is 10.4. The Balaban J connectivity index is 1.98. The molecule has 0 saturated carbocycles. The molecule has 3 nitrogen and oxygen atoms in total. The molecular weight excluding hydrogens is 230 g/mol. The fourth-order valence-electron chi connectivity index (χ4n) is 1.39. The van der Waals surface area contributed by atoms with Gasteiger partial charge in [0.15, 0.2) is 5.16 Å². The van der Waals surface area contributed by atoms with Crippen LogP contribution >= 0.6 is 11.8 Å². The highest BCUT2D eigenvalue weighted by Gasteiger charge is 1.99. The highest BCUT2D eigenvalue weighted by atomic mass is 32.2. The molecule has 1 N–H and O–H groups in total. The van der Waals surface area contributed by atoms with Crippen LogP contribution in [0.5, 0.6) is 0 Å². The molecule has 17 heavy (non-hydrogen) atoms. The van der Waals surface area contributed by atoms with Crippen molar-refractivity contribution in [3.05, 3.63) is 48.3 Å². The first-order valence-electron chi connectivity index (χ1n) is 5.63. The molecule has 88 valence electrons. The summed E-state index contributed by atoms with van der Waals surface area (Å²) in [4.78, 5) is 9.53. The molecule has 0 unspecified atom stereocenters. The lowest BCUT2D eigenvalue weighted by molar-refractivity contribution is 0.726. The Morgan fingerprint density at radius 1 is 1.12 bits per heavy atom. The maximum absolute atomic E-state index is 4.19. The van der Waals surface area contributed by atoms with Gasteiger partial charge in [0.2, 0.25) is 0 Å². The van der Waals surface area contributed by atoms with Crippen molar-refractivity contribution in [3.8, 4) is 0 Å². The van der Waals surface area contributed by atoms with Crippen molar-refractivity contribution in [2.24, 2.45) is 0 Å². The Morgan fingerprint density at radius 2 is 1.82 bits per heavy atom. The van der Waals surface area contributed by atoms with Gasteiger partial charge >= 0.3 is 0 Å². The van der Waals surface area contributed by atoms with E-state index in [0.29, 0.717) is 0 Å². The molecular formula is C13H15N3S. The third kappa shape index (κ3) is 3.84. The zero-order valence-electron chi connectivity index (χ0n) is 9.76. The smallest absolute Gasteiger partial charge is 0.192 e. The molecule has 0 aliphatic rings. The van der Waals surface area contributed by atoms with Crippen LogP contribution in [0.1, 0.15) is 12.5 Å². The van der Waals surface area contributed by atoms with E-state index in [9.17, 15) is 0 Å². The summed E-state index contributed by atoms with van der Waals surface area (Å²) < 4.78 is 0. The lowest BCUT2D eigenvalue weighted by atomic mass is 10.2. The van der Waals surface area contributed by atoms with E-state index in [2.05, 4.69) is 46.5 Å². The van der Waals surface area contributed by atoms with Crippen LogP contribution in [0.25, 0.3) is 0 Å². The van der Waals surface area contributed by atoms with Gasteiger partial charge in [-0.3, -0.25) is 0 Å². The molecule has 1 aromatic heterocycles. The summed E-state index contributed by atoms with van der Waals surface area (Å²) in [5, 5.41) is 4.09. The minimum absolute atomic E-state index is 0.784. The minimum Gasteiger partial charge on any atom is -0.313 e. The van der Waals surface area contributed by atoms with Gasteiger partial charge in [-0.25, -0.2) is 9.97 Å². The number of hydrogen-bond donors (Lipinski definition) is 1. The van der Waals surface area contributed by atoms with E-state index in [1.807, 2.05) is 6.07 Å². The third-order valence-electron chi connectivity index (χ3n) is 2.25. The minimum atomic E-state index is 0.784. The molecule has 0 spiro atoms. The largest absolute Gasteiger partial charge is 0.313 e. The summed E-state index contributed by atoms with van der Waals surface area (Å²) in [5.41, 5.74) is 1.30. The molecule has 2 rings (SSSR count). The van der Waals surface area contributed by atoms with E-state index in [4.69, 9.17) is 0 Å². The molecule has 2 aromatic rings. The Morgan fingerprint density at radius 3 is 2.47 bits per heavy atom. The molecule has 0 atom stereocenters. The lowest BCUT2D eigenvalue weighted by Gasteiger charge is -2.03. The summed E-state index contributed by atoms with van der Waals surface area (Å²) in [6.07, 6.45) is 3.52. The van der Waals surface area contributed by atoms with E-state index < -0.39 is 0 Å². The zero-order valence-corrected chi connectivity index (χ0v) is 10.6. The SMILES string of the molecule is CCNCc1ccc(Sc2ncccn2)cc1. The van der Waals surface area contributed by atoms with Crippen LogP contribution in [-0.2, 0) is 6.54 Å². The van der Waals surface area contributed by atoms with Gasteiger partial charge in [-0.15, -0.1) is 0 Å². The van der Waals surface area contributed by atoms with Crippen LogP contribution in [-0.4, -0.2) is 16.5 Å². The average Bonchev–Trinajstić information content (AvgIpc) is 2.39. The van der Waals surface area contributed by atoms with Gasteiger partial charge in [0, 0.05) is 23.8 Å². The van der Waals surface area contributed by atoms with Gasteiger partial charge in [0.25, 0.3) is 0 Å². The Hall–Kier alpha value is -1.39. The van der Waals surface area contributed by atoms with Gasteiger partial charge in [-0.05, 0) is 42.1 Å². The highest BCUT2D eigenvalue weighted by molar-refractivity contribution is 7.99. The van der Waals surface area contributed by atoms with Gasteiger partial charge in [-0.1, -0.05) is 19.1 Å².